The van der Waals surface area contributed by atoms with E-state index in [1.165, 1.54) is 0 Å². The average Bonchev–Trinajstić information content (AvgIpc) is 3.03. The van der Waals surface area contributed by atoms with Gasteiger partial charge in [-0.1, -0.05) is 0 Å². The lowest BCUT2D eigenvalue weighted by Crippen LogP contribution is -2.48. The van der Waals surface area contributed by atoms with Crippen LogP contribution in [0.1, 0.15) is 41.9 Å². The Kier molecular flexibility index (Phi) is 5.33. The third-order valence-electron chi connectivity index (χ3n) is 5.42. The molecule has 1 unspecified atom stereocenters. The number of piperidine rings is 1. The van der Waals surface area contributed by atoms with Gasteiger partial charge >= 0.3 is 5.69 Å². The zero-order valence-corrected chi connectivity index (χ0v) is 15.5. The van der Waals surface area contributed by atoms with Crippen molar-refractivity contribution in [2.75, 3.05) is 19.6 Å². The maximum Gasteiger partial charge on any atom is 0.345 e. The molecule has 0 radical (unpaired) electrons. The lowest BCUT2D eigenvalue weighted by Gasteiger charge is -2.33. The Labute approximate surface area is 158 Å². The highest BCUT2D eigenvalue weighted by atomic mass is 16.2. The lowest BCUT2D eigenvalue weighted by molar-refractivity contribution is 0.0901. The van der Waals surface area contributed by atoms with Crippen LogP contribution < -0.4 is 11.0 Å². The number of aryl methyl sites for hydroxylation is 1. The van der Waals surface area contributed by atoms with E-state index in [1.54, 1.807) is 29.2 Å². The Morgan fingerprint density at radius 3 is 2.96 bits per heavy atom. The molecule has 2 aliphatic rings. The molecule has 1 atom stereocenters. The van der Waals surface area contributed by atoms with Crippen molar-refractivity contribution in [3.63, 3.8) is 0 Å². The second-order valence-corrected chi connectivity index (χ2v) is 7.39. The Hall–Kier alpha value is -2.48. The summed E-state index contributed by atoms with van der Waals surface area (Å²) < 4.78 is 3.43. The number of aromatic nitrogens is 4. The molecule has 0 spiro atoms. The molecule has 27 heavy (non-hydrogen) atoms. The van der Waals surface area contributed by atoms with Gasteiger partial charge in [-0.2, -0.15) is 5.10 Å². The predicted octanol–water partition coefficient (Wildman–Crippen LogP) is 0.671. The van der Waals surface area contributed by atoms with Crippen LogP contribution in [0, 0.1) is 0 Å². The van der Waals surface area contributed by atoms with Crippen LogP contribution in [-0.4, -0.2) is 55.8 Å². The van der Waals surface area contributed by atoms with Crippen LogP contribution in [-0.2, 0) is 19.5 Å². The summed E-state index contributed by atoms with van der Waals surface area (Å²) in [7, 11) is 0. The van der Waals surface area contributed by atoms with E-state index in [9.17, 15) is 9.59 Å². The summed E-state index contributed by atoms with van der Waals surface area (Å²) in [4.78, 5) is 31.1. The number of carbonyl (C=O) groups excluding carboxylic acids is 1. The molecule has 1 saturated heterocycles. The first-order valence-electron chi connectivity index (χ1n) is 9.80. The van der Waals surface area contributed by atoms with Gasteiger partial charge in [0.15, 0.2) is 0 Å². The van der Waals surface area contributed by atoms with Crippen LogP contribution in [0.15, 0.2) is 29.3 Å². The summed E-state index contributed by atoms with van der Waals surface area (Å²) in [6.45, 7) is 3.95. The Morgan fingerprint density at radius 2 is 2.15 bits per heavy atom. The molecule has 1 fully saturated rings. The monoisotopic (exact) mass is 370 g/mol. The van der Waals surface area contributed by atoms with Crippen LogP contribution in [0.2, 0.25) is 0 Å². The third-order valence-corrected chi connectivity index (χ3v) is 5.42. The summed E-state index contributed by atoms with van der Waals surface area (Å²) in [6, 6.07) is 3.67. The number of amides is 1. The molecule has 1 N–H and O–H groups in total. The molecule has 2 aromatic heterocycles. The smallest absolute Gasteiger partial charge is 0.345 e. The second-order valence-electron chi connectivity index (χ2n) is 7.39. The molecule has 1 amide bonds. The van der Waals surface area contributed by atoms with Crippen LogP contribution in [0.25, 0.3) is 0 Å². The van der Waals surface area contributed by atoms with Crippen molar-refractivity contribution in [2.24, 2.45) is 0 Å². The maximum atomic E-state index is 12.4. The highest BCUT2D eigenvalue weighted by molar-refractivity contribution is 5.94. The summed E-state index contributed by atoms with van der Waals surface area (Å²) in [5.41, 5.74) is 0.605. The van der Waals surface area contributed by atoms with Crippen molar-refractivity contribution in [2.45, 2.75) is 51.2 Å². The fourth-order valence-corrected chi connectivity index (χ4v) is 3.97. The molecule has 0 aliphatic carbocycles. The van der Waals surface area contributed by atoms with Gasteiger partial charge in [0.25, 0.3) is 5.91 Å². The minimum absolute atomic E-state index is 0.0168. The van der Waals surface area contributed by atoms with E-state index < -0.39 is 0 Å². The number of hydrogen-bond donors (Lipinski definition) is 1. The Morgan fingerprint density at radius 1 is 1.22 bits per heavy atom. The van der Waals surface area contributed by atoms with Gasteiger partial charge in [-0.3, -0.25) is 19.2 Å². The first kappa shape index (κ1) is 17.9. The van der Waals surface area contributed by atoms with Gasteiger partial charge in [0.2, 0.25) is 0 Å². The third kappa shape index (κ3) is 4.10. The molecule has 2 aliphatic heterocycles. The molecule has 8 nitrogen and oxygen atoms in total. The van der Waals surface area contributed by atoms with Gasteiger partial charge in [0.05, 0.1) is 12.1 Å². The molecule has 0 saturated carbocycles. The van der Waals surface area contributed by atoms with E-state index in [-0.39, 0.29) is 17.6 Å². The number of carbonyl (C=O) groups is 1. The molecular weight excluding hydrogens is 344 g/mol. The molecule has 2 aromatic rings. The van der Waals surface area contributed by atoms with Crippen molar-refractivity contribution in [3.05, 3.63) is 46.4 Å². The number of likely N-dealkylation sites (tertiary alicyclic amines) is 1. The number of hydrogen-bond acceptors (Lipinski definition) is 5. The quantitative estimate of drug-likeness (QED) is 0.836. The van der Waals surface area contributed by atoms with Crippen molar-refractivity contribution in [1.29, 1.82) is 0 Å². The van der Waals surface area contributed by atoms with Gasteiger partial charge in [-0.05, 0) is 44.4 Å². The van der Waals surface area contributed by atoms with Gasteiger partial charge in [-0.25, -0.2) is 9.48 Å². The first-order chi connectivity index (χ1) is 13.2. The minimum Gasteiger partial charge on any atom is -0.348 e. The summed E-state index contributed by atoms with van der Waals surface area (Å²) in [5.74, 6) is 0.847. The number of nitrogens with one attached hydrogen (secondary N) is 1. The average molecular weight is 370 g/mol. The van der Waals surface area contributed by atoms with Gasteiger partial charge in [-0.15, -0.1) is 0 Å². The van der Waals surface area contributed by atoms with Crippen LogP contribution >= 0.6 is 0 Å². The van der Waals surface area contributed by atoms with Crippen LogP contribution in [0.3, 0.4) is 0 Å². The fourth-order valence-electron chi connectivity index (χ4n) is 3.97. The normalized spacial score (nSPS) is 20.2. The molecular formula is C19H26N6O2. The number of pyridine rings is 1. The van der Waals surface area contributed by atoms with Crippen LogP contribution in [0.5, 0.6) is 0 Å². The molecule has 144 valence electrons. The second kappa shape index (κ2) is 8.04. The van der Waals surface area contributed by atoms with Crippen LogP contribution in [0.4, 0.5) is 0 Å². The van der Waals surface area contributed by atoms with Crippen molar-refractivity contribution >= 4 is 5.91 Å². The molecule has 4 rings (SSSR count). The molecule has 0 bridgehead atoms. The van der Waals surface area contributed by atoms with Crippen molar-refractivity contribution in [1.82, 2.24) is 29.5 Å². The largest absolute Gasteiger partial charge is 0.348 e. The van der Waals surface area contributed by atoms with Gasteiger partial charge < -0.3 is 5.32 Å². The van der Waals surface area contributed by atoms with Gasteiger partial charge in [0, 0.05) is 44.5 Å². The Balaban J connectivity index is 1.32. The summed E-state index contributed by atoms with van der Waals surface area (Å²) in [6.07, 6.45) is 8.32. The number of rotatable bonds is 5. The molecule has 8 heteroatoms. The SMILES string of the molecule is O=C(NC1CCCN(CCn2nc3n(c2=O)CCCC3)C1)c1cccnc1. The maximum absolute atomic E-state index is 12.4. The van der Waals surface area contributed by atoms with E-state index in [1.807, 2.05) is 4.57 Å². The summed E-state index contributed by atoms with van der Waals surface area (Å²) >= 11 is 0. The Bertz CT molecular complexity index is 844. The first-order valence-corrected chi connectivity index (χ1v) is 9.80. The fraction of sp³-hybridized carbons (Fsp3) is 0.579. The predicted molar refractivity (Wildman–Crippen MR) is 101 cm³/mol. The highest BCUT2D eigenvalue weighted by Gasteiger charge is 2.23. The van der Waals surface area contributed by atoms with E-state index in [2.05, 4.69) is 20.3 Å². The van der Waals surface area contributed by atoms with E-state index in [0.29, 0.717) is 12.1 Å². The summed E-state index contributed by atoms with van der Waals surface area (Å²) in [5, 5.41) is 7.61. The zero-order valence-electron chi connectivity index (χ0n) is 15.5. The van der Waals surface area contributed by atoms with E-state index in [4.69, 9.17) is 0 Å². The molecule has 0 aromatic carbocycles. The molecule has 4 heterocycles. The zero-order chi connectivity index (χ0) is 18.6. The number of nitrogens with zero attached hydrogens (tertiary/aromatic N) is 5. The minimum atomic E-state index is -0.0760. The number of fused-ring (bicyclic) bond motifs is 1. The van der Waals surface area contributed by atoms with E-state index in [0.717, 1.165) is 64.1 Å². The van der Waals surface area contributed by atoms with E-state index >= 15 is 0 Å². The standard InChI is InChI=1S/C19H26N6O2/c26-18(15-5-3-8-20-13-15)21-16-6-4-9-23(14-16)11-12-25-19(27)24-10-2-1-7-17(24)22-25/h3,5,8,13,16H,1-2,4,6-7,9-12,14H2,(H,21,26). The van der Waals surface area contributed by atoms with Gasteiger partial charge in [0.1, 0.15) is 5.82 Å². The lowest BCUT2D eigenvalue weighted by atomic mass is 10.1. The highest BCUT2D eigenvalue weighted by Crippen LogP contribution is 2.12. The van der Waals surface area contributed by atoms with Crippen molar-refractivity contribution in [3.8, 4) is 0 Å². The van der Waals surface area contributed by atoms with Crippen molar-refractivity contribution < 1.29 is 4.79 Å². The topological polar surface area (TPSA) is 85.0 Å².